The van der Waals surface area contributed by atoms with Crippen LogP contribution in [0.25, 0.3) is 0 Å². The number of benzene rings is 1. The Hall–Kier alpha value is -1.92. The molecule has 1 N–H and O–H groups in total. The van der Waals surface area contributed by atoms with Crippen molar-refractivity contribution in [2.75, 3.05) is 14.2 Å². The quantitative estimate of drug-likeness (QED) is 0.795. The molecule has 16 heavy (non-hydrogen) atoms. The molecule has 0 unspecified atom stereocenters. The van der Waals surface area contributed by atoms with Crippen LogP contribution in [0.3, 0.4) is 0 Å². The van der Waals surface area contributed by atoms with E-state index in [9.17, 15) is 18.0 Å². The fraction of sp³-hybridized carbons (Fsp3) is 0.222. The summed E-state index contributed by atoms with van der Waals surface area (Å²) in [6.07, 6.45) is -1.04. The molecule has 1 amide bonds. The van der Waals surface area contributed by atoms with Gasteiger partial charge in [0, 0.05) is 13.1 Å². The second-order valence-electron chi connectivity index (χ2n) is 2.66. The molecule has 0 atom stereocenters. The fourth-order valence-corrected chi connectivity index (χ4v) is 0.969. The van der Waals surface area contributed by atoms with Crippen molar-refractivity contribution in [3.63, 3.8) is 0 Å². The number of rotatable bonds is 2. The highest BCUT2D eigenvalue weighted by atomic mass is 19.2. The van der Waals surface area contributed by atoms with Crippen molar-refractivity contribution in [1.29, 1.82) is 0 Å². The molecule has 0 saturated carbocycles. The zero-order valence-corrected chi connectivity index (χ0v) is 8.44. The maximum absolute atomic E-state index is 13.2. The van der Waals surface area contributed by atoms with Crippen LogP contribution in [0.15, 0.2) is 6.07 Å². The van der Waals surface area contributed by atoms with E-state index in [0.29, 0.717) is 6.07 Å². The van der Waals surface area contributed by atoms with E-state index in [-0.39, 0.29) is 0 Å². The third-order valence-corrected chi connectivity index (χ3v) is 1.69. The lowest BCUT2D eigenvalue weighted by Gasteiger charge is -2.08. The molecule has 1 rings (SSSR count). The van der Waals surface area contributed by atoms with Crippen molar-refractivity contribution in [3.05, 3.63) is 23.5 Å². The van der Waals surface area contributed by atoms with E-state index in [1.807, 2.05) is 5.32 Å². The summed E-state index contributed by atoms with van der Waals surface area (Å²) in [7, 11) is 2.21. The second-order valence-corrected chi connectivity index (χ2v) is 2.66. The first-order chi connectivity index (χ1) is 7.51. The van der Waals surface area contributed by atoms with Crippen LogP contribution in [0.1, 0.15) is 0 Å². The van der Waals surface area contributed by atoms with Gasteiger partial charge in [0.25, 0.3) is 0 Å². The van der Waals surface area contributed by atoms with Crippen LogP contribution in [0, 0.1) is 17.5 Å². The van der Waals surface area contributed by atoms with Gasteiger partial charge in [0.05, 0.1) is 7.11 Å². The largest absolute Gasteiger partial charge is 0.491 e. The predicted octanol–water partition coefficient (Wildman–Crippen LogP) is 1.83. The molecule has 0 saturated heterocycles. The summed E-state index contributed by atoms with van der Waals surface area (Å²) in [6, 6.07) is 0.520. The molecular formula is C9H8F3NO3. The third kappa shape index (κ3) is 2.18. The molecular weight excluding hydrogens is 227 g/mol. The van der Waals surface area contributed by atoms with Crippen LogP contribution < -0.4 is 14.8 Å². The lowest BCUT2D eigenvalue weighted by Crippen LogP contribution is -2.22. The topological polar surface area (TPSA) is 47.6 Å². The Morgan fingerprint density at radius 1 is 1.31 bits per heavy atom. The lowest BCUT2D eigenvalue weighted by molar-refractivity contribution is 0.199. The number of ether oxygens (including phenoxy) is 2. The minimum Gasteiger partial charge on any atom is -0.491 e. The Morgan fingerprint density at radius 2 is 1.94 bits per heavy atom. The molecule has 0 radical (unpaired) electrons. The van der Waals surface area contributed by atoms with Gasteiger partial charge in [-0.3, -0.25) is 0 Å². The van der Waals surface area contributed by atoms with Crippen LogP contribution in [0.4, 0.5) is 18.0 Å². The summed E-state index contributed by atoms with van der Waals surface area (Å²) in [5, 5.41) is 2.00. The maximum Gasteiger partial charge on any atom is 0.412 e. The number of hydrogen-bond donors (Lipinski definition) is 1. The van der Waals surface area contributed by atoms with E-state index in [0.717, 1.165) is 7.11 Å². The molecule has 88 valence electrons. The minimum atomic E-state index is -1.55. The molecule has 7 heteroatoms. The first-order valence-electron chi connectivity index (χ1n) is 4.12. The SMILES string of the molecule is CNC(=O)Oc1cc(F)c(OC)c(F)c1F. The number of nitrogens with one attached hydrogen (secondary N) is 1. The molecule has 0 aliphatic heterocycles. The standard InChI is InChI=1S/C9H8F3NO3/c1-13-9(14)16-5-3-4(10)8(15-2)7(12)6(5)11/h3H,1-2H3,(H,13,14). The Morgan fingerprint density at radius 3 is 2.44 bits per heavy atom. The minimum absolute atomic E-state index is 0.520. The zero-order chi connectivity index (χ0) is 12.3. The Kier molecular flexibility index (Phi) is 3.60. The smallest absolute Gasteiger partial charge is 0.412 e. The van der Waals surface area contributed by atoms with Crippen LogP contribution in [-0.4, -0.2) is 20.3 Å². The van der Waals surface area contributed by atoms with Crippen LogP contribution in [0.2, 0.25) is 0 Å². The maximum atomic E-state index is 13.2. The first-order valence-corrected chi connectivity index (χ1v) is 4.12. The Balaban J connectivity index is 3.18. The summed E-state index contributed by atoms with van der Waals surface area (Å²) in [5.74, 6) is -5.94. The van der Waals surface area contributed by atoms with Crippen molar-refractivity contribution < 1.29 is 27.4 Å². The molecule has 0 fully saturated rings. The van der Waals surface area contributed by atoms with Crippen LogP contribution in [-0.2, 0) is 0 Å². The number of hydrogen-bond acceptors (Lipinski definition) is 3. The average molecular weight is 235 g/mol. The normalized spacial score (nSPS) is 9.81. The third-order valence-electron chi connectivity index (χ3n) is 1.69. The summed E-state index contributed by atoms with van der Waals surface area (Å²) < 4.78 is 48.0. The molecule has 0 aliphatic rings. The van der Waals surface area contributed by atoms with E-state index in [4.69, 9.17) is 0 Å². The van der Waals surface area contributed by atoms with E-state index in [1.54, 1.807) is 0 Å². The van der Waals surface area contributed by atoms with Gasteiger partial charge in [-0.2, -0.15) is 8.78 Å². The number of carbonyl (C=O) groups excluding carboxylic acids is 1. The van der Waals surface area contributed by atoms with Crippen molar-refractivity contribution in [2.45, 2.75) is 0 Å². The fourth-order valence-electron chi connectivity index (χ4n) is 0.969. The van der Waals surface area contributed by atoms with Gasteiger partial charge < -0.3 is 14.8 Å². The highest BCUT2D eigenvalue weighted by Crippen LogP contribution is 2.30. The van der Waals surface area contributed by atoms with Gasteiger partial charge in [-0.25, -0.2) is 9.18 Å². The highest BCUT2D eigenvalue weighted by molar-refractivity contribution is 5.70. The molecule has 1 aromatic carbocycles. The van der Waals surface area contributed by atoms with Crippen LogP contribution in [0.5, 0.6) is 11.5 Å². The van der Waals surface area contributed by atoms with Gasteiger partial charge in [0.2, 0.25) is 11.6 Å². The Labute approximate surface area is 89.0 Å². The van der Waals surface area contributed by atoms with E-state index >= 15 is 0 Å². The highest BCUT2D eigenvalue weighted by Gasteiger charge is 2.21. The molecule has 0 aromatic heterocycles. The molecule has 1 aromatic rings. The van der Waals surface area contributed by atoms with Crippen molar-refractivity contribution in [1.82, 2.24) is 5.32 Å². The van der Waals surface area contributed by atoms with Gasteiger partial charge in [0.15, 0.2) is 17.3 Å². The molecule has 0 heterocycles. The monoisotopic (exact) mass is 235 g/mol. The van der Waals surface area contributed by atoms with Crippen LogP contribution >= 0.6 is 0 Å². The first kappa shape index (κ1) is 12.2. The lowest BCUT2D eigenvalue weighted by atomic mass is 10.3. The summed E-state index contributed by atoms with van der Waals surface area (Å²) in [4.78, 5) is 10.7. The molecule has 4 nitrogen and oxygen atoms in total. The Bertz CT molecular complexity index is 423. The van der Waals surface area contributed by atoms with Crippen molar-refractivity contribution in [3.8, 4) is 11.5 Å². The van der Waals surface area contributed by atoms with Gasteiger partial charge in [-0.1, -0.05) is 0 Å². The zero-order valence-electron chi connectivity index (χ0n) is 8.44. The summed E-state index contributed by atoms with van der Waals surface area (Å²) in [6.45, 7) is 0. The molecule has 0 aliphatic carbocycles. The van der Waals surface area contributed by atoms with E-state index in [1.165, 1.54) is 7.05 Å². The number of halogens is 3. The summed E-state index contributed by atoms with van der Waals surface area (Å²) >= 11 is 0. The van der Waals surface area contributed by atoms with Gasteiger partial charge >= 0.3 is 6.09 Å². The van der Waals surface area contributed by atoms with E-state index in [2.05, 4.69) is 9.47 Å². The van der Waals surface area contributed by atoms with Crippen molar-refractivity contribution >= 4 is 6.09 Å². The van der Waals surface area contributed by atoms with Gasteiger partial charge in [0.1, 0.15) is 0 Å². The van der Waals surface area contributed by atoms with Gasteiger partial charge in [-0.15, -0.1) is 0 Å². The molecule has 0 spiro atoms. The van der Waals surface area contributed by atoms with Gasteiger partial charge in [-0.05, 0) is 0 Å². The number of methoxy groups -OCH3 is 1. The average Bonchev–Trinajstić information content (AvgIpc) is 2.26. The van der Waals surface area contributed by atoms with Crippen molar-refractivity contribution in [2.24, 2.45) is 0 Å². The second kappa shape index (κ2) is 4.73. The predicted molar refractivity (Wildman–Crippen MR) is 48.0 cm³/mol. The summed E-state index contributed by atoms with van der Waals surface area (Å²) in [5.41, 5.74) is 0. The van der Waals surface area contributed by atoms with E-state index < -0.39 is 35.0 Å². The number of amides is 1. The molecule has 0 bridgehead atoms. The number of carbonyl (C=O) groups is 1.